The van der Waals surface area contributed by atoms with Crippen molar-refractivity contribution in [3.05, 3.63) is 48.3 Å². The number of carbonyl (C=O) groups is 1. The van der Waals surface area contributed by atoms with Crippen LogP contribution in [-0.2, 0) is 21.2 Å². The fraction of sp³-hybridized carbons (Fsp3) is 0.524. The number of sulfonamides is 1. The lowest BCUT2D eigenvalue weighted by Crippen LogP contribution is -2.50. The van der Waals surface area contributed by atoms with E-state index in [0.29, 0.717) is 19.4 Å². The van der Waals surface area contributed by atoms with Crippen molar-refractivity contribution in [3.63, 3.8) is 0 Å². The minimum atomic E-state index is -3.40. The van der Waals surface area contributed by atoms with Crippen molar-refractivity contribution in [2.24, 2.45) is 0 Å². The molecule has 8 heteroatoms. The number of para-hydroxylation sites is 1. The Labute approximate surface area is 172 Å². The Morgan fingerprint density at radius 2 is 1.86 bits per heavy atom. The second-order valence-electron chi connectivity index (χ2n) is 8.05. The van der Waals surface area contributed by atoms with Gasteiger partial charge in [-0.25, -0.2) is 17.8 Å². The molecule has 1 aromatic carbocycles. The van der Waals surface area contributed by atoms with Crippen molar-refractivity contribution in [3.8, 4) is 5.69 Å². The number of amides is 1. The van der Waals surface area contributed by atoms with Crippen LogP contribution >= 0.6 is 0 Å². The topological polar surface area (TPSA) is 84.3 Å². The summed E-state index contributed by atoms with van der Waals surface area (Å²) in [5.41, 5.74) is 1.77. The number of piperidine rings is 1. The van der Waals surface area contributed by atoms with E-state index in [4.69, 9.17) is 0 Å². The van der Waals surface area contributed by atoms with E-state index in [2.05, 4.69) is 9.82 Å². The summed E-state index contributed by atoms with van der Waals surface area (Å²) in [4.78, 5) is 14.5. The Hall–Kier alpha value is -2.19. The lowest BCUT2D eigenvalue weighted by molar-refractivity contribution is -0.131. The zero-order valence-corrected chi connectivity index (χ0v) is 17.4. The first-order valence-electron chi connectivity index (χ1n) is 10.4. The van der Waals surface area contributed by atoms with E-state index in [0.717, 1.165) is 36.9 Å². The maximum atomic E-state index is 12.8. The third-order valence-corrected chi connectivity index (χ3v) is 7.79. The van der Waals surface area contributed by atoms with Crippen LogP contribution in [0.5, 0.6) is 0 Å². The van der Waals surface area contributed by atoms with E-state index in [1.807, 2.05) is 36.5 Å². The predicted molar refractivity (Wildman–Crippen MR) is 111 cm³/mol. The highest BCUT2D eigenvalue weighted by Crippen LogP contribution is 2.22. The molecule has 2 aromatic rings. The highest BCUT2D eigenvalue weighted by molar-refractivity contribution is 7.90. The molecule has 2 heterocycles. The quantitative estimate of drug-likeness (QED) is 0.783. The molecule has 1 saturated carbocycles. The van der Waals surface area contributed by atoms with Gasteiger partial charge in [0, 0.05) is 25.3 Å². The molecule has 7 nitrogen and oxygen atoms in total. The fourth-order valence-corrected chi connectivity index (χ4v) is 6.00. The number of hydrogen-bond donors (Lipinski definition) is 1. The van der Waals surface area contributed by atoms with Crippen molar-refractivity contribution < 1.29 is 13.2 Å². The average Bonchev–Trinajstić information content (AvgIpc) is 3.41. The van der Waals surface area contributed by atoms with Gasteiger partial charge in [-0.1, -0.05) is 31.0 Å². The van der Waals surface area contributed by atoms with E-state index in [1.165, 1.54) is 0 Å². The number of nitrogens with zero attached hydrogens (tertiary/aromatic N) is 3. The summed E-state index contributed by atoms with van der Waals surface area (Å²) in [7, 11) is -3.40. The smallest absolute Gasteiger partial charge is 0.227 e. The van der Waals surface area contributed by atoms with Crippen LogP contribution < -0.4 is 4.72 Å². The van der Waals surface area contributed by atoms with Gasteiger partial charge < -0.3 is 4.90 Å². The molecule has 2 aliphatic rings. The van der Waals surface area contributed by atoms with E-state index >= 15 is 0 Å². The zero-order valence-electron chi connectivity index (χ0n) is 16.5. The van der Waals surface area contributed by atoms with Gasteiger partial charge in [-0.05, 0) is 43.4 Å². The largest absolute Gasteiger partial charge is 0.341 e. The SMILES string of the molecule is O=C(Cc1cnn(-c2ccccc2)c1)N1CCCC(S(=O)(=O)NC2CCCC2)C1. The second-order valence-corrected chi connectivity index (χ2v) is 10.0. The number of rotatable bonds is 6. The first kappa shape index (κ1) is 20.1. The highest BCUT2D eigenvalue weighted by atomic mass is 32.2. The Morgan fingerprint density at radius 1 is 1.10 bits per heavy atom. The lowest BCUT2D eigenvalue weighted by atomic mass is 10.1. The molecule has 0 bridgehead atoms. The zero-order chi connectivity index (χ0) is 20.3. The van der Waals surface area contributed by atoms with Crippen molar-refractivity contribution >= 4 is 15.9 Å². The summed E-state index contributed by atoms with van der Waals surface area (Å²) in [6.07, 6.45) is 9.11. The van der Waals surface area contributed by atoms with Crippen molar-refractivity contribution in [1.29, 1.82) is 0 Å². The molecule has 0 radical (unpaired) electrons. The predicted octanol–water partition coefficient (Wildman–Crippen LogP) is 2.27. The molecule has 1 aromatic heterocycles. The van der Waals surface area contributed by atoms with Crippen molar-refractivity contribution in [2.45, 2.75) is 56.2 Å². The summed E-state index contributed by atoms with van der Waals surface area (Å²) in [6, 6.07) is 9.80. The summed E-state index contributed by atoms with van der Waals surface area (Å²) in [5.74, 6) is -0.0432. The molecule has 4 rings (SSSR count). The number of carbonyl (C=O) groups excluding carboxylic acids is 1. The molecule has 1 atom stereocenters. The molecule has 1 saturated heterocycles. The van der Waals surface area contributed by atoms with E-state index in [-0.39, 0.29) is 24.9 Å². The molecule has 1 N–H and O–H groups in total. The van der Waals surface area contributed by atoms with Crippen LogP contribution in [0.15, 0.2) is 42.7 Å². The molecule has 1 unspecified atom stereocenters. The van der Waals surface area contributed by atoms with Crippen LogP contribution in [0.1, 0.15) is 44.1 Å². The van der Waals surface area contributed by atoms with Crippen LogP contribution in [-0.4, -0.2) is 53.4 Å². The number of benzene rings is 1. The first-order chi connectivity index (χ1) is 14.0. The molecule has 1 aliphatic carbocycles. The van der Waals surface area contributed by atoms with Gasteiger partial charge >= 0.3 is 0 Å². The third-order valence-electron chi connectivity index (χ3n) is 5.87. The molecule has 156 valence electrons. The Morgan fingerprint density at radius 3 is 2.62 bits per heavy atom. The van der Waals surface area contributed by atoms with Gasteiger partial charge in [0.1, 0.15) is 0 Å². The van der Waals surface area contributed by atoms with E-state index < -0.39 is 15.3 Å². The summed E-state index contributed by atoms with van der Waals surface area (Å²) < 4.78 is 30.2. The van der Waals surface area contributed by atoms with Gasteiger partial charge in [0.15, 0.2) is 0 Å². The number of likely N-dealkylation sites (tertiary alicyclic amines) is 1. The molecule has 0 spiro atoms. The lowest BCUT2D eigenvalue weighted by Gasteiger charge is -2.33. The van der Waals surface area contributed by atoms with Gasteiger partial charge in [0.2, 0.25) is 15.9 Å². The summed E-state index contributed by atoms with van der Waals surface area (Å²) in [6.45, 7) is 0.884. The van der Waals surface area contributed by atoms with E-state index in [9.17, 15) is 13.2 Å². The highest BCUT2D eigenvalue weighted by Gasteiger charge is 2.34. The second kappa shape index (κ2) is 8.67. The average molecular weight is 417 g/mol. The summed E-state index contributed by atoms with van der Waals surface area (Å²) >= 11 is 0. The Kier molecular flexibility index (Phi) is 6.01. The number of nitrogens with one attached hydrogen (secondary N) is 1. The molecule has 1 aliphatic heterocycles. The normalized spacial score (nSPS) is 20.8. The summed E-state index contributed by atoms with van der Waals surface area (Å²) in [5, 5.41) is 3.82. The Balaban J connectivity index is 1.37. The molecular weight excluding hydrogens is 388 g/mol. The third kappa shape index (κ3) is 4.87. The maximum Gasteiger partial charge on any atom is 0.227 e. The monoisotopic (exact) mass is 416 g/mol. The molecular formula is C21H28N4O3S. The molecule has 2 fully saturated rings. The first-order valence-corrected chi connectivity index (χ1v) is 11.9. The fourth-order valence-electron chi connectivity index (χ4n) is 4.25. The molecule has 1 amide bonds. The maximum absolute atomic E-state index is 12.8. The Bertz CT molecular complexity index is 936. The van der Waals surface area contributed by atoms with Gasteiger partial charge in [-0.2, -0.15) is 5.10 Å². The van der Waals surface area contributed by atoms with Crippen molar-refractivity contribution in [1.82, 2.24) is 19.4 Å². The van der Waals surface area contributed by atoms with Gasteiger partial charge in [0.05, 0.1) is 23.6 Å². The van der Waals surface area contributed by atoms with Crippen LogP contribution in [0.25, 0.3) is 5.69 Å². The van der Waals surface area contributed by atoms with Crippen LogP contribution in [0.4, 0.5) is 0 Å². The van der Waals surface area contributed by atoms with E-state index in [1.54, 1.807) is 15.8 Å². The van der Waals surface area contributed by atoms with Crippen LogP contribution in [0.2, 0.25) is 0 Å². The minimum Gasteiger partial charge on any atom is -0.341 e. The van der Waals surface area contributed by atoms with Crippen LogP contribution in [0, 0.1) is 0 Å². The van der Waals surface area contributed by atoms with Crippen LogP contribution in [0.3, 0.4) is 0 Å². The van der Waals surface area contributed by atoms with Gasteiger partial charge in [-0.3, -0.25) is 4.79 Å². The van der Waals surface area contributed by atoms with Gasteiger partial charge in [0.25, 0.3) is 0 Å². The van der Waals surface area contributed by atoms with Crippen molar-refractivity contribution in [2.75, 3.05) is 13.1 Å². The minimum absolute atomic E-state index is 0.0432. The molecule has 29 heavy (non-hydrogen) atoms. The number of aromatic nitrogens is 2. The standard InChI is InChI=1S/C21H28N4O3S/c26-21(13-17-14-22-25(15-17)19-9-2-1-3-10-19)24-12-6-11-20(16-24)29(27,28)23-18-7-4-5-8-18/h1-3,9-10,14-15,18,20,23H,4-8,11-13,16H2. The van der Waals surface area contributed by atoms with Gasteiger partial charge in [-0.15, -0.1) is 0 Å². The number of hydrogen-bond acceptors (Lipinski definition) is 4.